The van der Waals surface area contributed by atoms with Crippen LogP contribution < -0.4 is 4.72 Å². The summed E-state index contributed by atoms with van der Waals surface area (Å²) in [6.07, 6.45) is 3.46. The maximum absolute atomic E-state index is 14.0. The van der Waals surface area contributed by atoms with Gasteiger partial charge in [-0.1, -0.05) is 48.0 Å². The van der Waals surface area contributed by atoms with Crippen LogP contribution in [0, 0.1) is 5.82 Å². The lowest BCUT2D eigenvalue weighted by Gasteiger charge is -2.19. The molecule has 3 aromatic rings. The van der Waals surface area contributed by atoms with Crippen LogP contribution in [0.25, 0.3) is 0 Å². The van der Waals surface area contributed by atoms with E-state index >= 15 is 0 Å². The summed E-state index contributed by atoms with van der Waals surface area (Å²) in [7, 11) is -3.79. The predicted molar refractivity (Wildman–Crippen MR) is 101 cm³/mol. The van der Waals surface area contributed by atoms with Crippen molar-refractivity contribution in [3.8, 4) is 0 Å². The second-order valence-electron chi connectivity index (χ2n) is 6.02. The first-order valence-corrected chi connectivity index (χ1v) is 10.3. The zero-order valence-electron chi connectivity index (χ0n) is 14.3. The van der Waals surface area contributed by atoms with Gasteiger partial charge in [-0.05, 0) is 24.1 Å². The van der Waals surface area contributed by atoms with Gasteiger partial charge in [-0.3, -0.25) is 4.68 Å². The van der Waals surface area contributed by atoms with Crippen molar-refractivity contribution in [2.24, 2.45) is 0 Å². The third kappa shape index (κ3) is 5.59. The Balaban J connectivity index is 1.77. The molecule has 0 radical (unpaired) electrons. The molecule has 0 spiro atoms. The molecule has 1 atom stereocenters. The highest BCUT2D eigenvalue weighted by atomic mass is 35.5. The van der Waals surface area contributed by atoms with Crippen molar-refractivity contribution in [3.05, 3.63) is 83.2 Å². The highest BCUT2D eigenvalue weighted by Crippen LogP contribution is 2.21. The first kappa shape index (κ1) is 19.5. The molecule has 27 heavy (non-hydrogen) atoms. The maximum atomic E-state index is 14.0. The number of hydrogen-bond acceptors (Lipinski definition) is 4. The Morgan fingerprint density at radius 3 is 2.63 bits per heavy atom. The van der Waals surface area contributed by atoms with E-state index in [4.69, 9.17) is 11.6 Å². The summed E-state index contributed by atoms with van der Waals surface area (Å²) in [5.41, 5.74) is 0.882. The molecule has 6 nitrogen and oxygen atoms in total. The molecule has 0 aliphatic heterocycles. The van der Waals surface area contributed by atoms with Crippen molar-refractivity contribution in [2.45, 2.75) is 24.8 Å². The minimum atomic E-state index is -3.79. The van der Waals surface area contributed by atoms with E-state index < -0.39 is 27.6 Å². The van der Waals surface area contributed by atoms with Crippen LogP contribution in [0.5, 0.6) is 0 Å². The van der Waals surface area contributed by atoms with Gasteiger partial charge in [-0.15, -0.1) is 0 Å². The second kappa shape index (κ2) is 8.60. The quantitative estimate of drug-likeness (QED) is 0.620. The topological polar surface area (TPSA) is 76.9 Å². The van der Waals surface area contributed by atoms with Crippen LogP contribution in [0.2, 0.25) is 5.02 Å². The number of hydrogen-bond donors (Lipinski definition) is 1. The monoisotopic (exact) mass is 408 g/mol. The summed E-state index contributed by atoms with van der Waals surface area (Å²) in [5.74, 6) is -1.12. The van der Waals surface area contributed by atoms with Crippen molar-refractivity contribution in [1.82, 2.24) is 19.5 Å². The van der Waals surface area contributed by atoms with Crippen LogP contribution in [0.15, 0.2) is 61.2 Å². The molecule has 1 N–H and O–H groups in total. The lowest BCUT2D eigenvalue weighted by Crippen LogP contribution is -2.31. The summed E-state index contributed by atoms with van der Waals surface area (Å²) in [5, 5.41) is 4.25. The zero-order chi connectivity index (χ0) is 19.3. The average molecular weight is 409 g/mol. The minimum Gasteiger partial charge on any atom is -0.253 e. The van der Waals surface area contributed by atoms with Crippen LogP contribution in [-0.2, 0) is 22.3 Å². The Morgan fingerprint density at radius 1 is 1.19 bits per heavy atom. The molecule has 2 aromatic carbocycles. The maximum Gasteiger partial charge on any atom is 0.216 e. The molecular weight excluding hydrogens is 391 g/mol. The van der Waals surface area contributed by atoms with Crippen molar-refractivity contribution < 1.29 is 12.8 Å². The van der Waals surface area contributed by atoms with Crippen molar-refractivity contribution in [3.63, 3.8) is 0 Å². The Hall–Kier alpha value is -2.29. The van der Waals surface area contributed by atoms with Crippen molar-refractivity contribution >= 4 is 21.6 Å². The van der Waals surface area contributed by atoms with E-state index in [2.05, 4.69) is 14.8 Å². The number of halogens is 2. The molecule has 1 unspecified atom stereocenters. The molecule has 0 aliphatic rings. The Morgan fingerprint density at radius 2 is 1.96 bits per heavy atom. The van der Waals surface area contributed by atoms with E-state index in [1.54, 1.807) is 11.0 Å². The SMILES string of the molecule is O=S(=O)(Cc1ccc(Cl)cc1F)NC(CCn1cncn1)c1ccccc1. The first-order valence-electron chi connectivity index (χ1n) is 8.24. The largest absolute Gasteiger partial charge is 0.253 e. The molecule has 1 heterocycles. The molecule has 0 amide bonds. The van der Waals surface area contributed by atoms with E-state index in [1.807, 2.05) is 30.3 Å². The van der Waals surface area contributed by atoms with Gasteiger partial charge in [0.15, 0.2) is 0 Å². The van der Waals surface area contributed by atoms with E-state index in [0.717, 1.165) is 11.6 Å². The normalized spacial score (nSPS) is 12.8. The van der Waals surface area contributed by atoms with Gasteiger partial charge >= 0.3 is 0 Å². The van der Waals surface area contributed by atoms with Gasteiger partial charge in [-0.2, -0.15) is 5.10 Å². The Labute approximate surface area is 162 Å². The zero-order valence-corrected chi connectivity index (χ0v) is 15.9. The molecule has 0 saturated heterocycles. The van der Waals surface area contributed by atoms with Crippen LogP contribution in [0.1, 0.15) is 23.6 Å². The van der Waals surface area contributed by atoms with Gasteiger partial charge in [0.25, 0.3) is 0 Å². The number of benzene rings is 2. The third-order valence-electron chi connectivity index (χ3n) is 4.00. The molecule has 3 rings (SSSR count). The molecule has 142 valence electrons. The summed E-state index contributed by atoms with van der Waals surface area (Å²) in [6.45, 7) is 0.484. The summed E-state index contributed by atoms with van der Waals surface area (Å²) in [6, 6.07) is 12.7. The number of aromatic nitrogens is 3. The summed E-state index contributed by atoms with van der Waals surface area (Å²) < 4.78 is 43.6. The Kier molecular flexibility index (Phi) is 6.20. The fourth-order valence-corrected chi connectivity index (χ4v) is 4.26. The first-order chi connectivity index (χ1) is 12.9. The van der Waals surface area contributed by atoms with Crippen molar-refractivity contribution in [2.75, 3.05) is 0 Å². The van der Waals surface area contributed by atoms with E-state index in [9.17, 15) is 12.8 Å². The van der Waals surface area contributed by atoms with E-state index in [0.29, 0.717) is 13.0 Å². The molecule has 0 bridgehead atoms. The highest BCUT2D eigenvalue weighted by molar-refractivity contribution is 7.88. The lowest BCUT2D eigenvalue weighted by molar-refractivity contribution is 0.485. The standard InChI is InChI=1S/C18H18ClFN4O2S/c19-16-7-6-15(17(20)10-16)11-27(25,26)23-18(14-4-2-1-3-5-14)8-9-24-13-21-12-22-24/h1-7,10,12-13,18,23H,8-9,11H2. The highest BCUT2D eigenvalue weighted by Gasteiger charge is 2.21. The molecule has 9 heteroatoms. The number of nitrogens with one attached hydrogen (secondary N) is 1. The predicted octanol–water partition coefficient (Wildman–Crippen LogP) is 3.32. The number of nitrogens with zero attached hydrogens (tertiary/aromatic N) is 3. The van der Waals surface area contributed by atoms with Gasteiger partial charge in [0.05, 0.1) is 5.75 Å². The number of aryl methyl sites for hydroxylation is 1. The van der Waals surface area contributed by atoms with E-state index in [1.165, 1.54) is 18.5 Å². The average Bonchev–Trinajstić information content (AvgIpc) is 3.15. The lowest BCUT2D eigenvalue weighted by atomic mass is 10.1. The smallest absolute Gasteiger partial charge is 0.216 e. The molecule has 0 fully saturated rings. The molecule has 0 aliphatic carbocycles. The molecular formula is C18H18ClFN4O2S. The van der Waals surface area contributed by atoms with Crippen LogP contribution in [-0.4, -0.2) is 23.2 Å². The van der Waals surface area contributed by atoms with Gasteiger partial charge in [0, 0.05) is 23.2 Å². The summed E-state index contributed by atoms with van der Waals surface area (Å²) in [4.78, 5) is 3.88. The minimum absolute atomic E-state index is 0.0648. The van der Waals surface area contributed by atoms with Gasteiger partial charge < -0.3 is 0 Å². The van der Waals surface area contributed by atoms with E-state index in [-0.39, 0.29) is 10.6 Å². The third-order valence-corrected chi connectivity index (χ3v) is 5.57. The van der Waals surface area contributed by atoms with Crippen molar-refractivity contribution in [1.29, 1.82) is 0 Å². The van der Waals surface area contributed by atoms with Gasteiger partial charge in [0.1, 0.15) is 18.5 Å². The molecule has 1 aromatic heterocycles. The fraction of sp³-hybridized carbons (Fsp3) is 0.222. The fourth-order valence-electron chi connectivity index (χ4n) is 2.69. The van der Waals surface area contributed by atoms with Crippen LogP contribution in [0.4, 0.5) is 4.39 Å². The molecule has 0 saturated carbocycles. The number of sulfonamides is 1. The van der Waals surface area contributed by atoms with Crippen LogP contribution in [0.3, 0.4) is 0 Å². The van der Waals surface area contributed by atoms with Gasteiger partial charge in [-0.25, -0.2) is 22.5 Å². The van der Waals surface area contributed by atoms with Gasteiger partial charge in [0.2, 0.25) is 10.0 Å². The Bertz CT molecular complexity index is 982. The summed E-state index contributed by atoms with van der Waals surface area (Å²) >= 11 is 5.72. The van der Waals surface area contributed by atoms with Crippen LogP contribution >= 0.6 is 11.6 Å². The number of rotatable bonds is 8. The second-order valence-corrected chi connectivity index (χ2v) is 8.21.